The van der Waals surface area contributed by atoms with Crippen molar-refractivity contribution in [2.45, 2.75) is 26.4 Å². The Kier molecular flexibility index (Phi) is 5.43. The number of rotatable bonds is 5. The minimum absolute atomic E-state index is 0.716. The maximum absolute atomic E-state index is 5.87. The topological polar surface area (TPSA) is 36.4 Å². The maximum atomic E-state index is 5.87. The second-order valence-electron chi connectivity index (χ2n) is 7.20. The van der Waals surface area contributed by atoms with Gasteiger partial charge in [-0.2, -0.15) is 4.68 Å². The predicted molar refractivity (Wildman–Crippen MR) is 111 cm³/mol. The molecule has 4 rings (SSSR count). The monoisotopic (exact) mass is 401 g/mol. The number of piperidine rings is 1. The van der Waals surface area contributed by atoms with Gasteiger partial charge in [-0.25, -0.2) is 0 Å². The average molecular weight is 402 g/mol. The molecule has 1 N–H and O–H groups in total. The SMILES string of the molecule is COc1ccccc1-n1c(-c2cccs2)nn(C[NH+]2CCC[C@H](C)C2)c1=S. The third kappa shape index (κ3) is 3.72. The van der Waals surface area contributed by atoms with Crippen molar-refractivity contribution in [2.24, 2.45) is 5.92 Å². The summed E-state index contributed by atoms with van der Waals surface area (Å²) in [7, 11) is 1.69. The molecule has 3 aromatic rings. The van der Waals surface area contributed by atoms with Gasteiger partial charge in [0.25, 0.3) is 0 Å². The van der Waals surface area contributed by atoms with E-state index in [9.17, 15) is 0 Å². The molecule has 1 aromatic carbocycles. The van der Waals surface area contributed by atoms with E-state index in [0.717, 1.165) is 34.7 Å². The van der Waals surface area contributed by atoms with Gasteiger partial charge in [0.15, 0.2) is 12.5 Å². The smallest absolute Gasteiger partial charge is 0.207 e. The van der Waals surface area contributed by atoms with Crippen LogP contribution in [0.25, 0.3) is 16.4 Å². The van der Waals surface area contributed by atoms with Crippen LogP contribution in [0.4, 0.5) is 0 Å². The van der Waals surface area contributed by atoms with Gasteiger partial charge < -0.3 is 9.64 Å². The maximum Gasteiger partial charge on any atom is 0.207 e. The quantitative estimate of drug-likeness (QED) is 0.666. The molecule has 0 bridgehead atoms. The van der Waals surface area contributed by atoms with E-state index >= 15 is 0 Å². The number of thiophene rings is 1. The zero-order valence-corrected chi connectivity index (χ0v) is 17.4. The summed E-state index contributed by atoms with van der Waals surface area (Å²) in [4.78, 5) is 2.65. The Labute approximate surface area is 168 Å². The number of quaternary nitrogens is 1. The summed E-state index contributed by atoms with van der Waals surface area (Å²) in [6, 6.07) is 12.1. The number of nitrogens with one attached hydrogen (secondary N) is 1. The van der Waals surface area contributed by atoms with Gasteiger partial charge in [0, 0.05) is 5.92 Å². The highest BCUT2D eigenvalue weighted by Crippen LogP contribution is 2.30. The molecule has 0 saturated carbocycles. The highest BCUT2D eigenvalue weighted by molar-refractivity contribution is 7.71. The molecule has 1 aliphatic heterocycles. The minimum atomic E-state index is 0.716. The summed E-state index contributed by atoms with van der Waals surface area (Å²) in [6.45, 7) is 5.51. The Hall–Kier alpha value is -1.96. The van der Waals surface area contributed by atoms with Crippen molar-refractivity contribution in [1.29, 1.82) is 0 Å². The first-order valence-electron chi connectivity index (χ1n) is 9.38. The normalized spacial score (nSPS) is 19.9. The van der Waals surface area contributed by atoms with Crippen LogP contribution in [0.5, 0.6) is 5.75 Å². The Balaban J connectivity index is 1.80. The van der Waals surface area contributed by atoms with Crippen LogP contribution >= 0.6 is 23.6 Å². The lowest BCUT2D eigenvalue weighted by Gasteiger charge is -2.27. The van der Waals surface area contributed by atoms with Crippen LogP contribution in [0.3, 0.4) is 0 Å². The summed E-state index contributed by atoms with van der Waals surface area (Å²) >= 11 is 7.55. The summed E-state index contributed by atoms with van der Waals surface area (Å²) < 4.78 is 10.3. The Morgan fingerprint density at radius 3 is 2.89 bits per heavy atom. The molecule has 3 heterocycles. The van der Waals surface area contributed by atoms with Gasteiger partial charge in [-0.3, -0.25) is 4.57 Å². The van der Waals surface area contributed by atoms with E-state index in [4.69, 9.17) is 22.1 Å². The van der Waals surface area contributed by atoms with Gasteiger partial charge in [0.05, 0.1) is 30.8 Å². The lowest BCUT2D eigenvalue weighted by molar-refractivity contribution is -0.931. The van der Waals surface area contributed by atoms with Gasteiger partial charge in [0.1, 0.15) is 5.75 Å². The van der Waals surface area contributed by atoms with Gasteiger partial charge in [-0.05, 0) is 48.6 Å². The van der Waals surface area contributed by atoms with E-state index < -0.39 is 0 Å². The van der Waals surface area contributed by atoms with E-state index in [-0.39, 0.29) is 0 Å². The number of para-hydroxylation sites is 2. The van der Waals surface area contributed by atoms with Crippen LogP contribution in [0.15, 0.2) is 41.8 Å². The molecule has 1 saturated heterocycles. The van der Waals surface area contributed by atoms with E-state index in [1.165, 1.54) is 25.9 Å². The molecule has 7 heteroatoms. The fraction of sp³-hybridized carbons (Fsp3) is 0.400. The van der Waals surface area contributed by atoms with Crippen molar-refractivity contribution in [3.05, 3.63) is 46.5 Å². The molecule has 142 valence electrons. The number of benzene rings is 1. The summed E-state index contributed by atoms with van der Waals surface area (Å²) in [6.07, 6.45) is 2.60. The molecule has 1 fully saturated rings. The van der Waals surface area contributed by atoms with Crippen LogP contribution in [0.2, 0.25) is 0 Å². The van der Waals surface area contributed by atoms with Crippen LogP contribution < -0.4 is 9.64 Å². The number of nitrogens with zero attached hydrogens (tertiary/aromatic N) is 3. The van der Waals surface area contributed by atoms with Crippen molar-refractivity contribution in [3.8, 4) is 22.1 Å². The number of methoxy groups -OCH3 is 1. The fourth-order valence-corrected chi connectivity index (χ4v) is 4.85. The van der Waals surface area contributed by atoms with E-state index in [0.29, 0.717) is 4.77 Å². The second kappa shape index (κ2) is 7.96. The van der Waals surface area contributed by atoms with Crippen molar-refractivity contribution in [2.75, 3.05) is 20.2 Å². The Morgan fingerprint density at radius 1 is 1.30 bits per heavy atom. The molecular formula is C20H25N4OS2+. The molecule has 1 aliphatic rings. The molecule has 1 unspecified atom stereocenters. The second-order valence-corrected chi connectivity index (χ2v) is 8.51. The number of aromatic nitrogens is 3. The molecule has 27 heavy (non-hydrogen) atoms. The third-order valence-electron chi connectivity index (χ3n) is 5.14. The fourth-order valence-electron chi connectivity index (χ4n) is 3.86. The Morgan fingerprint density at radius 2 is 2.15 bits per heavy atom. The highest BCUT2D eigenvalue weighted by Gasteiger charge is 2.23. The molecule has 2 aromatic heterocycles. The van der Waals surface area contributed by atoms with E-state index in [1.807, 2.05) is 39.6 Å². The summed E-state index contributed by atoms with van der Waals surface area (Å²) in [5.74, 6) is 2.44. The largest absolute Gasteiger partial charge is 0.495 e. The third-order valence-corrected chi connectivity index (χ3v) is 6.40. The van der Waals surface area contributed by atoms with Gasteiger partial charge in [-0.1, -0.05) is 25.1 Å². The summed E-state index contributed by atoms with van der Waals surface area (Å²) in [5.41, 5.74) is 0.932. The van der Waals surface area contributed by atoms with Crippen molar-refractivity contribution in [1.82, 2.24) is 14.3 Å². The zero-order chi connectivity index (χ0) is 18.8. The first kappa shape index (κ1) is 18.4. The lowest BCUT2D eigenvalue weighted by atomic mass is 10.0. The zero-order valence-electron chi connectivity index (χ0n) is 15.7. The summed E-state index contributed by atoms with van der Waals surface area (Å²) in [5, 5.41) is 7.00. The van der Waals surface area contributed by atoms with Gasteiger partial charge in [0.2, 0.25) is 4.77 Å². The predicted octanol–water partition coefficient (Wildman–Crippen LogP) is 3.41. The van der Waals surface area contributed by atoms with Crippen LogP contribution in [0, 0.1) is 10.7 Å². The first-order valence-corrected chi connectivity index (χ1v) is 10.7. The molecule has 5 nitrogen and oxygen atoms in total. The molecule has 0 aliphatic carbocycles. The van der Waals surface area contributed by atoms with Gasteiger partial charge in [-0.15, -0.1) is 16.4 Å². The number of likely N-dealkylation sites (tertiary alicyclic amines) is 1. The van der Waals surface area contributed by atoms with Crippen molar-refractivity contribution >= 4 is 23.6 Å². The molecule has 0 amide bonds. The standard InChI is InChI=1S/C20H24N4OS2/c1-15-7-5-11-22(13-15)14-23-20(26)24(16-8-3-4-9-17(16)25-2)19(21-23)18-10-6-12-27-18/h3-4,6,8-10,12,15H,5,7,11,13-14H2,1-2H3/p+1/t15-/m0/s1. The molecule has 0 radical (unpaired) electrons. The van der Waals surface area contributed by atoms with Crippen molar-refractivity contribution in [3.63, 3.8) is 0 Å². The van der Waals surface area contributed by atoms with Crippen LogP contribution in [-0.4, -0.2) is 34.5 Å². The van der Waals surface area contributed by atoms with Crippen LogP contribution in [0.1, 0.15) is 19.8 Å². The molecular weight excluding hydrogens is 376 g/mol. The number of hydrogen-bond acceptors (Lipinski definition) is 4. The number of ether oxygens (including phenoxy) is 1. The van der Waals surface area contributed by atoms with E-state index in [2.05, 4.69) is 18.4 Å². The number of hydrogen-bond donors (Lipinski definition) is 1. The molecule has 2 atom stereocenters. The first-order chi connectivity index (χ1) is 13.2. The van der Waals surface area contributed by atoms with Crippen molar-refractivity contribution < 1.29 is 9.64 Å². The highest BCUT2D eigenvalue weighted by atomic mass is 32.1. The van der Waals surface area contributed by atoms with Crippen LogP contribution in [-0.2, 0) is 6.67 Å². The lowest BCUT2D eigenvalue weighted by Crippen LogP contribution is -3.12. The Bertz CT molecular complexity index is 961. The molecule has 0 spiro atoms. The average Bonchev–Trinajstić information content (AvgIpc) is 3.31. The van der Waals surface area contributed by atoms with Gasteiger partial charge >= 0.3 is 0 Å². The minimum Gasteiger partial charge on any atom is -0.495 e. The van der Waals surface area contributed by atoms with E-state index in [1.54, 1.807) is 23.3 Å².